The minimum absolute atomic E-state index is 0.0916. The number of halogens is 6. The molecule has 8 aromatic carbocycles. The average molecular weight is 2010 g/mol. The minimum atomic E-state index is -0.658. The molecule has 0 bridgehead atoms. The van der Waals surface area contributed by atoms with Crippen molar-refractivity contribution in [2.45, 2.75) is 90.6 Å². The van der Waals surface area contributed by atoms with Crippen LogP contribution in [0.15, 0.2) is 183 Å². The molecule has 4 unspecified atom stereocenters. The maximum absolute atomic E-state index is 13.8. The summed E-state index contributed by atoms with van der Waals surface area (Å²) in [5.74, 6) is -5.88. The number of H-pyrrole nitrogens is 1. The first-order chi connectivity index (χ1) is 67.4. The van der Waals surface area contributed by atoms with Crippen LogP contribution in [-0.2, 0) is 66.5 Å². The van der Waals surface area contributed by atoms with Gasteiger partial charge >= 0.3 is 0 Å². The number of rotatable bonds is 26. The molecule has 4 aliphatic heterocycles. The summed E-state index contributed by atoms with van der Waals surface area (Å²) < 4.78 is 31.8. The molecule has 28 nitrogen and oxygen atoms in total. The quantitative estimate of drug-likeness (QED) is 0.0289. The normalized spacial score (nSPS) is 18.4. The van der Waals surface area contributed by atoms with Crippen LogP contribution in [0.3, 0.4) is 0 Å². The van der Waals surface area contributed by atoms with Crippen molar-refractivity contribution >= 4 is 160 Å². The zero-order chi connectivity index (χ0) is 102. The highest BCUT2D eigenvalue weighted by atomic mass is 35.5. The van der Waals surface area contributed by atoms with Crippen LogP contribution in [-0.4, -0.2) is 274 Å². The van der Waals surface area contributed by atoms with E-state index in [9.17, 15) is 66.3 Å². The van der Waals surface area contributed by atoms with Gasteiger partial charge in [0.2, 0.25) is 0 Å². The predicted molar refractivity (Wildman–Crippen MR) is 549 cm³/mol. The van der Waals surface area contributed by atoms with Gasteiger partial charge in [-0.3, -0.25) is 77.1 Å². The summed E-state index contributed by atoms with van der Waals surface area (Å²) in [6, 6.07) is 46.9. The van der Waals surface area contributed by atoms with Gasteiger partial charge in [-0.25, -0.2) is 8.78 Å². The lowest BCUT2D eigenvalue weighted by atomic mass is 9.71. The Hall–Kier alpha value is -12.8. The summed E-state index contributed by atoms with van der Waals surface area (Å²) in [7, 11) is 19.6. The van der Waals surface area contributed by atoms with Crippen molar-refractivity contribution in [1.82, 2.24) is 78.7 Å². The number of carbonyl (C=O) groups is 12. The number of aryl methyl sites for hydroxylation is 3. The number of amides is 8. The highest BCUT2D eigenvalue weighted by Crippen LogP contribution is 2.53. The van der Waals surface area contributed by atoms with Crippen LogP contribution in [0, 0.1) is 34.3 Å². The summed E-state index contributed by atoms with van der Waals surface area (Å²) in [6.45, 7) is 15.4. The first kappa shape index (κ1) is 105. The van der Waals surface area contributed by atoms with Crippen molar-refractivity contribution in [3.63, 3.8) is 0 Å². The summed E-state index contributed by atoms with van der Waals surface area (Å²) in [5, 5.41) is 12.4. The van der Waals surface area contributed by atoms with Crippen LogP contribution in [0.2, 0.25) is 20.1 Å². The molecular formula is C108H120Cl4F2N16O12. The Morgan fingerprint density at radius 1 is 0.401 bits per heavy atom. The number of nitrogens with zero attached hydrogens (tertiary/aromatic N) is 12. The molecule has 5 fully saturated rings. The van der Waals surface area contributed by atoms with Crippen molar-refractivity contribution in [2.24, 2.45) is 43.8 Å². The number of hydrogen-bond donors (Lipinski definition) is 4. The number of benzene rings is 8. The molecule has 4 saturated heterocycles. The molecular weight excluding hydrogens is 1890 g/mol. The van der Waals surface area contributed by atoms with Crippen LogP contribution in [0.1, 0.15) is 157 Å². The number of hydrogen-bond acceptors (Lipinski definition) is 16. The van der Waals surface area contributed by atoms with Crippen molar-refractivity contribution in [3.05, 3.63) is 281 Å². The van der Waals surface area contributed by atoms with Gasteiger partial charge in [0, 0.05) is 231 Å². The zero-order valence-corrected chi connectivity index (χ0v) is 85.3. The second-order valence-corrected chi connectivity index (χ2v) is 41.0. The van der Waals surface area contributed by atoms with Gasteiger partial charge in [-0.1, -0.05) is 158 Å². The second kappa shape index (κ2) is 44.8. The van der Waals surface area contributed by atoms with Crippen LogP contribution in [0.4, 0.5) is 8.78 Å². The molecule has 1 aliphatic carbocycles. The Labute approximate surface area is 844 Å². The predicted octanol–water partition coefficient (Wildman–Crippen LogP) is 15.3. The van der Waals surface area contributed by atoms with Gasteiger partial charge in [-0.05, 0) is 153 Å². The number of nitrogens with one attached hydrogen (secondary N) is 4. The van der Waals surface area contributed by atoms with Gasteiger partial charge in [0.1, 0.15) is 11.6 Å². The summed E-state index contributed by atoms with van der Waals surface area (Å²) >= 11 is 25.9. The number of likely N-dealkylation sites (tertiary alicyclic amines) is 4. The van der Waals surface area contributed by atoms with Gasteiger partial charge in [0.15, 0.2) is 0 Å². The maximum Gasteiger partial charge on any atom is 0.294 e. The maximum atomic E-state index is 13.8. The van der Waals surface area contributed by atoms with E-state index in [1.54, 1.807) is 114 Å². The molecule has 8 heterocycles. The van der Waals surface area contributed by atoms with Crippen molar-refractivity contribution < 1.29 is 66.3 Å². The molecule has 1 saturated carbocycles. The third kappa shape index (κ3) is 23.7. The molecule has 0 spiro atoms. The Balaban J connectivity index is 0.000000151. The Morgan fingerprint density at radius 2 is 0.761 bits per heavy atom. The van der Waals surface area contributed by atoms with Crippen molar-refractivity contribution in [2.75, 3.05) is 129 Å². The smallest absolute Gasteiger partial charge is 0.294 e. The third-order valence-corrected chi connectivity index (χ3v) is 29.2. The molecule has 34 heteroatoms. The van der Waals surface area contributed by atoms with E-state index in [4.69, 9.17) is 46.4 Å². The molecule has 4 aromatic heterocycles. The largest absolute Gasteiger partial charge is 0.360 e. The number of Topliss-reactive ketones (excluding diaryl/α,β-unsaturated/α-hetero) is 4. The highest BCUT2D eigenvalue weighted by molar-refractivity contribution is 6.48. The van der Waals surface area contributed by atoms with Gasteiger partial charge in [-0.15, -0.1) is 0 Å². The van der Waals surface area contributed by atoms with Crippen LogP contribution in [0.25, 0.3) is 43.6 Å². The minimum Gasteiger partial charge on any atom is -0.360 e. The fraction of sp³-hybridized carbons (Fsp3) is 0.370. The van der Waals surface area contributed by atoms with E-state index in [1.807, 2.05) is 60.5 Å². The molecule has 8 amide bonds. The van der Waals surface area contributed by atoms with E-state index in [0.717, 1.165) is 109 Å². The SMILES string of the molecule is CN(C)C(=O)C(=O)c1c[nH]c2cc(Cl)c(C(=O)NC3CCCCC3N(C)Cc3ccc(F)cc3)cc12.CN(C)C(=O)C(=O)c1cn(C)c2cc(Cl)c(C(=O)N3C[C@]4(C)CN(Cc5ccc(F)cc5)C[C@]4(C)C3)cc12.CN(C)C(=O)C(=O)c1cn(C)c2cc(Cl)c(C(=O)NCC3CCN(Cc4ccccc4)C3)cc12.CN(C)C(=O)C(=O)c1cn(C)c2cc(Cl)c(C(=O)NCC3CCN(Cc4ccccc4)C3)cc12. The molecule has 4 N–H and O–H groups in total. The summed E-state index contributed by atoms with van der Waals surface area (Å²) in [5.41, 5.74) is 9.14. The van der Waals surface area contributed by atoms with Gasteiger partial charge < -0.3 is 59.1 Å². The molecule has 12 aromatic rings. The van der Waals surface area contributed by atoms with E-state index in [1.165, 1.54) is 118 Å². The highest BCUT2D eigenvalue weighted by Gasteiger charge is 2.58. The number of aromatic amines is 1. The summed E-state index contributed by atoms with van der Waals surface area (Å²) in [4.78, 5) is 172. The zero-order valence-electron chi connectivity index (χ0n) is 82.3. The van der Waals surface area contributed by atoms with Gasteiger partial charge in [-0.2, -0.15) is 0 Å². The van der Waals surface area contributed by atoms with E-state index in [-0.39, 0.29) is 91.0 Å². The number of carbonyl (C=O) groups excluding carboxylic acids is 12. The molecule has 17 rings (SSSR count). The molecule has 746 valence electrons. The van der Waals surface area contributed by atoms with Crippen molar-refractivity contribution in [1.29, 1.82) is 0 Å². The monoisotopic (exact) mass is 2010 g/mol. The van der Waals surface area contributed by atoms with E-state index < -0.39 is 46.8 Å². The molecule has 5 aliphatic rings. The lowest BCUT2D eigenvalue weighted by Gasteiger charge is -2.38. The van der Waals surface area contributed by atoms with Gasteiger partial charge in [0.05, 0.1) is 81.1 Å². The van der Waals surface area contributed by atoms with E-state index in [0.29, 0.717) is 120 Å². The van der Waals surface area contributed by atoms with Crippen LogP contribution in [0.5, 0.6) is 0 Å². The Morgan fingerprint density at radius 3 is 1.18 bits per heavy atom. The van der Waals surface area contributed by atoms with Gasteiger partial charge in [0.25, 0.3) is 70.4 Å². The number of likely N-dealkylation sites (N-methyl/N-ethyl adjacent to an activating group) is 5. The first-order valence-electron chi connectivity index (χ1n) is 47.3. The lowest BCUT2D eigenvalue weighted by Crippen LogP contribution is -2.52. The van der Waals surface area contributed by atoms with Crippen molar-refractivity contribution in [3.8, 4) is 0 Å². The number of ketones is 4. The molecule has 0 radical (unpaired) electrons. The number of fused-ring (bicyclic) bond motifs is 5. The Kier molecular flexibility index (Phi) is 33.1. The molecule has 6 atom stereocenters. The van der Waals surface area contributed by atoms with E-state index >= 15 is 0 Å². The first-order valence-corrected chi connectivity index (χ1v) is 48.8. The fourth-order valence-corrected chi connectivity index (χ4v) is 20.9. The van der Waals surface area contributed by atoms with Crippen LogP contribution >= 0.6 is 46.4 Å². The lowest BCUT2D eigenvalue weighted by molar-refractivity contribution is -0.124. The standard InChI is InChI=1S/C29H32ClFN4O3.C27H30ClFN4O3.2C26H29ClN4O3/c1-28-14-34(12-18-6-8-19(31)9-7-18)15-29(28,2)17-35(16-28)26(37)21-10-20-22(25(36)27(38)32(3)4)13-33(5)24(20)11-23(21)30;1-32(2)27(36)25(34)20-14-30-23-13-21(28)19(12-18(20)23)26(35)31-22-6-4-5-7-24(22)33(3)15-16-8-10-17(29)11-9-16;2*1-29(2)26(34)24(32)21-16-30(3)23-12-22(27)20(11-19(21)23)25(33)28-13-18-9-10-31(15-18)14-17-7-5-4-6-8-17/h6-11,13H,12,14-17H2,1-5H3;8-14,22,24,30H,4-7,15H2,1-3H3,(H,31,35);2*4-8,11-12,16,18H,9-10,13-15H2,1-3H3,(H,28,33)/t28-,29+;;;. The third-order valence-electron chi connectivity index (χ3n) is 27.9. The summed E-state index contributed by atoms with van der Waals surface area (Å²) in [6.07, 6.45) is 12.1. The van der Waals surface area contributed by atoms with E-state index in [2.05, 4.69) is 78.6 Å². The fourth-order valence-electron chi connectivity index (χ4n) is 20.0. The number of aromatic nitrogens is 4. The average Bonchev–Trinajstić information content (AvgIpc) is 1.56. The molecule has 142 heavy (non-hydrogen) atoms. The van der Waals surface area contributed by atoms with Crippen LogP contribution < -0.4 is 16.0 Å². The second-order valence-electron chi connectivity index (χ2n) is 39.4. The Bertz CT molecular complexity index is 6630. The topological polar surface area (TPSA) is 301 Å².